The third-order valence-corrected chi connectivity index (χ3v) is 6.27. The standard InChI is InChI=1S/C27H23BrN4O2/c1-18-16-30-27-23(11-13-25(33)34-17-19-7-3-2-4-8-19)31-26(22-9-5-6-14-29-22)21-15-20(28)10-12-24(21)32(18)27/h2-10,12,14-16,23H,11,13,17H2,1H3/t23-/m0/s1. The Balaban J connectivity index is 1.47. The van der Waals surface area contributed by atoms with Crippen LogP contribution in [0.4, 0.5) is 0 Å². The fourth-order valence-corrected chi connectivity index (χ4v) is 4.51. The van der Waals surface area contributed by atoms with Gasteiger partial charge in [-0.15, -0.1) is 0 Å². The predicted molar refractivity (Wildman–Crippen MR) is 134 cm³/mol. The van der Waals surface area contributed by atoms with Crippen LogP contribution in [0.2, 0.25) is 0 Å². The highest BCUT2D eigenvalue weighted by atomic mass is 79.9. The zero-order valence-electron chi connectivity index (χ0n) is 18.7. The maximum absolute atomic E-state index is 12.6. The molecule has 0 fully saturated rings. The molecule has 170 valence electrons. The largest absolute Gasteiger partial charge is 0.461 e. The van der Waals surface area contributed by atoms with Crippen molar-refractivity contribution < 1.29 is 9.53 Å². The van der Waals surface area contributed by atoms with Crippen LogP contribution in [0.3, 0.4) is 0 Å². The SMILES string of the molecule is Cc1cnc2n1-c1ccc(Br)cc1C(c1ccccn1)=N[C@H]2CCC(=O)OCc1ccccc1. The van der Waals surface area contributed by atoms with Crippen LogP contribution >= 0.6 is 15.9 Å². The lowest BCUT2D eigenvalue weighted by molar-refractivity contribution is -0.145. The molecule has 1 aliphatic rings. The number of benzene rings is 2. The molecule has 2 aromatic heterocycles. The lowest BCUT2D eigenvalue weighted by Gasteiger charge is -2.14. The Kier molecular flexibility index (Phi) is 6.36. The molecule has 2 aromatic carbocycles. The van der Waals surface area contributed by atoms with Gasteiger partial charge in [-0.2, -0.15) is 0 Å². The average Bonchev–Trinajstić information content (AvgIpc) is 3.18. The summed E-state index contributed by atoms with van der Waals surface area (Å²) in [5, 5.41) is 0. The maximum Gasteiger partial charge on any atom is 0.306 e. The molecule has 0 bridgehead atoms. The normalized spacial score (nSPS) is 14.5. The van der Waals surface area contributed by atoms with Crippen LogP contribution in [-0.4, -0.2) is 26.2 Å². The van der Waals surface area contributed by atoms with E-state index >= 15 is 0 Å². The molecule has 6 nitrogen and oxygen atoms in total. The highest BCUT2D eigenvalue weighted by Crippen LogP contribution is 2.34. The van der Waals surface area contributed by atoms with Crippen molar-refractivity contribution in [3.05, 3.63) is 112 Å². The average molecular weight is 515 g/mol. The van der Waals surface area contributed by atoms with E-state index in [1.165, 1.54) is 0 Å². The summed E-state index contributed by atoms with van der Waals surface area (Å²) in [7, 11) is 0. The molecular formula is C27H23BrN4O2. The Morgan fingerprint density at radius 3 is 2.68 bits per heavy atom. The van der Waals surface area contributed by atoms with Gasteiger partial charge in [0.1, 0.15) is 18.5 Å². The van der Waals surface area contributed by atoms with E-state index < -0.39 is 0 Å². The van der Waals surface area contributed by atoms with E-state index in [-0.39, 0.29) is 25.0 Å². The van der Waals surface area contributed by atoms with Crippen molar-refractivity contribution >= 4 is 27.6 Å². The van der Waals surface area contributed by atoms with Gasteiger partial charge in [-0.25, -0.2) is 4.98 Å². The van der Waals surface area contributed by atoms with Crippen molar-refractivity contribution in [2.75, 3.05) is 0 Å². The molecule has 0 amide bonds. The van der Waals surface area contributed by atoms with E-state index in [1.54, 1.807) is 6.20 Å². The second-order valence-corrected chi connectivity index (χ2v) is 9.06. The number of hydrogen-bond acceptors (Lipinski definition) is 5. The third-order valence-electron chi connectivity index (χ3n) is 5.78. The summed E-state index contributed by atoms with van der Waals surface area (Å²) in [6.45, 7) is 2.29. The van der Waals surface area contributed by atoms with Gasteiger partial charge >= 0.3 is 5.97 Å². The topological polar surface area (TPSA) is 69.4 Å². The van der Waals surface area contributed by atoms with Gasteiger partial charge in [0.25, 0.3) is 0 Å². The molecule has 0 N–H and O–H groups in total. The van der Waals surface area contributed by atoms with Gasteiger partial charge in [0.2, 0.25) is 0 Å². The van der Waals surface area contributed by atoms with Crippen LogP contribution in [0.5, 0.6) is 0 Å². The van der Waals surface area contributed by atoms with Crippen molar-refractivity contribution in [1.29, 1.82) is 0 Å². The van der Waals surface area contributed by atoms with Gasteiger partial charge in [0.15, 0.2) is 0 Å². The number of pyridine rings is 1. The molecule has 34 heavy (non-hydrogen) atoms. The van der Waals surface area contributed by atoms with Crippen molar-refractivity contribution in [1.82, 2.24) is 14.5 Å². The molecule has 4 aromatic rings. The Labute approximate surface area is 206 Å². The number of aromatic nitrogens is 3. The van der Waals surface area contributed by atoms with E-state index in [2.05, 4.69) is 37.6 Å². The zero-order valence-corrected chi connectivity index (χ0v) is 20.3. The minimum absolute atomic E-state index is 0.239. The first kappa shape index (κ1) is 22.2. The number of carbonyl (C=O) groups is 1. The number of carbonyl (C=O) groups excluding carboxylic acids is 1. The molecule has 0 saturated carbocycles. The van der Waals surface area contributed by atoms with E-state index in [0.717, 1.165) is 44.2 Å². The van der Waals surface area contributed by atoms with E-state index in [1.807, 2.05) is 67.7 Å². The molecular weight excluding hydrogens is 492 g/mol. The van der Waals surface area contributed by atoms with Crippen LogP contribution < -0.4 is 0 Å². The molecule has 3 heterocycles. The smallest absolute Gasteiger partial charge is 0.306 e. The summed E-state index contributed by atoms with van der Waals surface area (Å²) < 4.78 is 8.58. The number of hydrogen-bond donors (Lipinski definition) is 0. The summed E-state index contributed by atoms with van der Waals surface area (Å²) >= 11 is 3.61. The Hall–Kier alpha value is -3.58. The number of esters is 1. The third kappa shape index (κ3) is 4.56. The van der Waals surface area contributed by atoms with Crippen LogP contribution in [0, 0.1) is 6.92 Å². The summed E-state index contributed by atoms with van der Waals surface area (Å²) in [6.07, 6.45) is 4.33. The maximum atomic E-state index is 12.6. The quantitative estimate of drug-likeness (QED) is 0.307. The van der Waals surface area contributed by atoms with Crippen molar-refractivity contribution in [2.24, 2.45) is 4.99 Å². The van der Waals surface area contributed by atoms with E-state index in [9.17, 15) is 4.79 Å². The predicted octanol–water partition coefficient (Wildman–Crippen LogP) is 5.75. The Bertz CT molecular complexity index is 1350. The number of fused-ring (bicyclic) bond motifs is 3. The number of halogens is 1. The van der Waals surface area contributed by atoms with E-state index in [0.29, 0.717) is 6.42 Å². The summed E-state index contributed by atoms with van der Waals surface area (Å²) in [4.78, 5) is 26.9. The molecule has 1 aliphatic heterocycles. The van der Waals surface area contributed by atoms with Crippen LogP contribution in [-0.2, 0) is 16.1 Å². The molecule has 0 saturated heterocycles. The van der Waals surface area contributed by atoms with Crippen LogP contribution in [0.15, 0.2) is 88.6 Å². The molecule has 7 heteroatoms. The highest BCUT2D eigenvalue weighted by Gasteiger charge is 2.28. The number of ether oxygens (including phenoxy) is 1. The monoisotopic (exact) mass is 514 g/mol. The highest BCUT2D eigenvalue weighted by molar-refractivity contribution is 9.10. The number of aliphatic imine (C=N–C) groups is 1. The fourth-order valence-electron chi connectivity index (χ4n) is 4.15. The number of nitrogens with zero attached hydrogens (tertiary/aromatic N) is 4. The second-order valence-electron chi connectivity index (χ2n) is 8.15. The first-order valence-corrected chi connectivity index (χ1v) is 11.9. The van der Waals surface area contributed by atoms with Gasteiger partial charge in [-0.3, -0.25) is 19.3 Å². The van der Waals surface area contributed by atoms with Crippen LogP contribution in [0.1, 0.15) is 47.2 Å². The molecule has 5 rings (SSSR count). The van der Waals surface area contributed by atoms with Gasteiger partial charge in [0, 0.05) is 34.5 Å². The first-order valence-electron chi connectivity index (χ1n) is 11.1. The van der Waals surface area contributed by atoms with Gasteiger partial charge in [0.05, 0.1) is 17.1 Å². The summed E-state index contributed by atoms with van der Waals surface area (Å²) in [5.41, 5.74) is 5.49. The Morgan fingerprint density at radius 1 is 1.06 bits per heavy atom. The molecule has 1 atom stereocenters. The van der Waals surface area contributed by atoms with Gasteiger partial charge in [-0.05, 0) is 49.2 Å². The lowest BCUT2D eigenvalue weighted by atomic mass is 10.0. The van der Waals surface area contributed by atoms with E-state index in [4.69, 9.17) is 14.7 Å². The zero-order chi connectivity index (χ0) is 23.5. The van der Waals surface area contributed by atoms with Gasteiger partial charge in [-0.1, -0.05) is 52.3 Å². The number of rotatable bonds is 6. The molecule has 0 unspecified atom stereocenters. The molecule has 0 spiro atoms. The van der Waals surface area contributed by atoms with Crippen LogP contribution in [0.25, 0.3) is 5.69 Å². The van der Waals surface area contributed by atoms with Crippen molar-refractivity contribution in [3.63, 3.8) is 0 Å². The second kappa shape index (κ2) is 9.73. The fraction of sp³-hybridized carbons (Fsp3) is 0.185. The molecule has 0 radical (unpaired) electrons. The summed E-state index contributed by atoms with van der Waals surface area (Å²) in [5.74, 6) is 0.556. The molecule has 0 aliphatic carbocycles. The van der Waals surface area contributed by atoms with Crippen molar-refractivity contribution in [3.8, 4) is 5.69 Å². The lowest BCUT2D eigenvalue weighted by Crippen LogP contribution is -2.10. The number of imidazole rings is 1. The van der Waals surface area contributed by atoms with Gasteiger partial charge < -0.3 is 4.74 Å². The first-order chi connectivity index (χ1) is 16.6. The van der Waals surface area contributed by atoms with Crippen molar-refractivity contribution in [2.45, 2.75) is 32.4 Å². The Morgan fingerprint density at radius 2 is 1.88 bits per heavy atom. The minimum atomic E-state index is -0.318. The number of aryl methyl sites for hydroxylation is 1. The summed E-state index contributed by atoms with van der Waals surface area (Å²) in [6, 6.07) is 21.3. The minimum Gasteiger partial charge on any atom is -0.461 e.